The average Bonchev–Trinajstić information content (AvgIpc) is 3.27. The van der Waals surface area contributed by atoms with Gasteiger partial charge in [0.15, 0.2) is 0 Å². The van der Waals surface area contributed by atoms with E-state index in [4.69, 9.17) is 4.74 Å². The summed E-state index contributed by atoms with van der Waals surface area (Å²) in [5.74, 6) is 1.00. The largest absolute Gasteiger partial charge is 0.462 e. The molecule has 5 heteroatoms. The van der Waals surface area contributed by atoms with E-state index in [2.05, 4.69) is 41.5 Å². The minimum atomic E-state index is -0.848. The molecule has 0 saturated heterocycles. The molecule has 0 bridgehead atoms. The molecule has 0 unspecified atom stereocenters. The molecule has 0 amide bonds. The fourth-order valence-electron chi connectivity index (χ4n) is 11.8. The fourth-order valence-corrected chi connectivity index (χ4v) is 11.8. The maximum absolute atomic E-state index is 12.9. The van der Waals surface area contributed by atoms with Gasteiger partial charge in [-0.3, -0.25) is 4.79 Å². The minimum Gasteiger partial charge on any atom is -0.462 e. The van der Waals surface area contributed by atoms with Crippen LogP contribution in [0.2, 0.25) is 0 Å². The van der Waals surface area contributed by atoms with Crippen LogP contribution in [0.25, 0.3) is 0 Å². The van der Waals surface area contributed by atoms with Gasteiger partial charge < -0.3 is 20.1 Å². The first-order valence-electron chi connectivity index (χ1n) is 18.2. The van der Waals surface area contributed by atoms with Gasteiger partial charge in [0.25, 0.3) is 0 Å². The summed E-state index contributed by atoms with van der Waals surface area (Å²) in [5.41, 5.74) is -1.52. The molecule has 4 rings (SSSR count). The number of aliphatic hydroxyl groups is 3. The van der Waals surface area contributed by atoms with E-state index in [1.165, 1.54) is 19.3 Å². The summed E-state index contributed by atoms with van der Waals surface area (Å²) >= 11 is 0. The summed E-state index contributed by atoms with van der Waals surface area (Å²) in [5, 5.41) is 34.1. The number of aliphatic hydroxyl groups excluding tert-OH is 1. The van der Waals surface area contributed by atoms with Crippen molar-refractivity contribution in [1.82, 2.24) is 0 Å². The highest BCUT2D eigenvalue weighted by atomic mass is 16.5. The first-order chi connectivity index (χ1) is 19.8. The van der Waals surface area contributed by atoms with E-state index in [9.17, 15) is 20.1 Å². The summed E-state index contributed by atoms with van der Waals surface area (Å²) < 4.78 is 6.25. The molecule has 0 aromatic heterocycles. The van der Waals surface area contributed by atoms with Gasteiger partial charge in [-0.1, -0.05) is 67.2 Å². The first-order valence-corrected chi connectivity index (χ1v) is 18.2. The fraction of sp³-hybridized carbons (Fsp3) is 0.974. The Labute approximate surface area is 264 Å². The number of rotatable bonds is 12. The summed E-state index contributed by atoms with van der Waals surface area (Å²) in [6.07, 6.45) is 14.9. The van der Waals surface area contributed by atoms with E-state index < -0.39 is 17.3 Å². The zero-order chi connectivity index (χ0) is 32.1. The third kappa shape index (κ3) is 6.49. The van der Waals surface area contributed by atoms with Crippen molar-refractivity contribution in [3.63, 3.8) is 0 Å². The number of ether oxygens (including phenoxy) is 1. The monoisotopic (exact) mass is 605 g/mol. The summed E-state index contributed by atoms with van der Waals surface area (Å²) in [6, 6.07) is 0. The number of unbranched alkanes of at least 4 members (excludes halogenated alkanes) is 4. The molecule has 4 fully saturated rings. The predicted octanol–water partition coefficient (Wildman–Crippen LogP) is 8.61. The molecule has 3 N–H and O–H groups in total. The second kappa shape index (κ2) is 12.5. The van der Waals surface area contributed by atoms with Crippen LogP contribution in [0.5, 0.6) is 0 Å². The van der Waals surface area contributed by atoms with Crippen molar-refractivity contribution in [2.75, 3.05) is 0 Å². The Morgan fingerprint density at radius 3 is 2.12 bits per heavy atom. The quantitative estimate of drug-likeness (QED) is 0.153. The minimum absolute atomic E-state index is 0.0196. The molecule has 0 radical (unpaired) electrons. The number of fused-ring (bicyclic) bond motifs is 5. The molecule has 5 nitrogen and oxygen atoms in total. The Bertz CT molecular complexity index is 966. The van der Waals surface area contributed by atoms with Gasteiger partial charge in [-0.15, -0.1) is 0 Å². The normalized spacial score (nSPS) is 42.0. The van der Waals surface area contributed by atoms with E-state index in [0.29, 0.717) is 31.1 Å². The molecule has 0 aliphatic heterocycles. The van der Waals surface area contributed by atoms with Crippen LogP contribution in [-0.2, 0) is 9.53 Å². The topological polar surface area (TPSA) is 87.0 Å². The molecule has 10 atom stereocenters. The molecule has 4 aliphatic rings. The third-order valence-corrected chi connectivity index (χ3v) is 14.4. The molecule has 250 valence electrons. The Kier molecular flexibility index (Phi) is 10.2. The average molecular weight is 605 g/mol. The highest BCUT2D eigenvalue weighted by Crippen LogP contribution is 2.76. The SMILES string of the molecule is CCCCCCCC(=O)O[C@H]1CC[C@]2(C)[C@H]3C[C@@H](O)[C@@H]4[C@@H]([C@](C)(O)CCCC(C)(C)O)CC[C@@]4(C)[C@]3(C)CC[C@H]2C1(C)C. The molecule has 0 spiro atoms. The lowest BCUT2D eigenvalue weighted by Gasteiger charge is -2.70. The van der Waals surface area contributed by atoms with Crippen LogP contribution in [0.3, 0.4) is 0 Å². The second-order valence-corrected chi connectivity index (χ2v) is 18.0. The zero-order valence-corrected chi connectivity index (χ0v) is 29.4. The first kappa shape index (κ1) is 35.2. The van der Waals surface area contributed by atoms with Crippen LogP contribution in [0, 0.1) is 45.3 Å². The third-order valence-electron chi connectivity index (χ3n) is 14.4. The van der Waals surface area contributed by atoms with Crippen LogP contribution in [0.4, 0.5) is 0 Å². The molecule has 4 saturated carbocycles. The van der Waals surface area contributed by atoms with Gasteiger partial charge >= 0.3 is 5.97 Å². The maximum atomic E-state index is 12.9. The molecule has 0 aromatic rings. The highest BCUT2D eigenvalue weighted by molar-refractivity contribution is 5.69. The number of esters is 1. The van der Waals surface area contributed by atoms with E-state index >= 15 is 0 Å². The molecular formula is C38H68O5. The number of hydrogen-bond donors (Lipinski definition) is 3. The van der Waals surface area contributed by atoms with Crippen LogP contribution in [0.1, 0.15) is 165 Å². The molecular weight excluding hydrogens is 536 g/mol. The molecule has 4 aliphatic carbocycles. The van der Waals surface area contributed by atoms with Gasteiger partial charge in [-0.2, -0.15) is 0 Å². The lowest BCUT2D eigenvalue weighted by molar-refractivity contribution is -0.249. The van der Waals surface area contributed by atoms with E-state index in [0.717, 1.165) is 64.2 Å². The van der Waals surface area contributed by atoms with E-state index in [1.807, 2.05) is 20.8 Å². The number of hydrogen-bond acceptors (Lipinski definition) is 5. The van der Waals surface area contributed by atoms with Gasteiger partial charge in [0.05, 0.1) is 17.3 Å². The second-order valence-electron chi connectivity index (χ2n) is 18.0. The van der Waals surface area contributed by atoms with Gasteiger partial charge in [0.2, 0.25) is 0 Å². The Morgan fingerprint density at radius 2 is 1.47 bits per heavy atom. The summed E-state index contributed by atoms with van der Waals surface area (Å²) in [7, 11) is 0. The number of carbonyl (C=O) groups excluding carboxylic acids is 1. The summed E-state index contributed by atoms with van der Waals surface area (Å²) in [4.78, 5) is 12.9. The standard InChI is InChI=1S/C38H68O5/c1-10-11-12-13-14-16-31(40)43-30-19-22-35(6)28(34(30,4)5)18-24-36(7)29(35)25-27(39)32-26(17-23-37(32,36)8)38(9,42)21-15-20-33(2,3)41/h26-30,32,39,41-42H,10-25H2,1-9H3/t26-,27+,28-,29+,30-,32-,35-,36+,37+,38+/m0/s1. The lowest BCUT2D eigenvalue weighted by atomic mass is 9.35. The van der Waals surface area contributed by atoms with Crippen LogP contribution in [0.15, 0.2) is 0 Å². The molecule has 0 heterocycles. The molecule has 0 aromatic carbocycles. The van der Waals surface area contributed by atoms with E-state index in [1.54, 1.807) is 0 Å². The Morgan fingerprint density at radius 1 is 0.814 bits per heavy atom. The predicted molar refractivity (Wildman–Crippen MR) is 174 cm³/mol. The maximum Gasteiger partial charge on any atom is 0.306 e. The van der Waals surface area contributed by atoms with Crippen molar-refractivity contribution in [3.8, 4) is 0 Å². The lowest BCUT2D eigenvalue weighted by Crippen LogP contribution is -2.66. The van der Waals surface area contributed by atoms with Crippen molar-refractivity contribution in [3.05, 3.63) is 0 Å². The summed E-state index contributed by atoms with van der Waals surface area (Å²) in [6.45, 7) is 20.0. The van der Waals surface area contributed by atoms with Crippen LogP contribution >= 0.6 is 0 Å². The zero-order valence-electron chi connectivity index (χ0n) is 29.4. The van der Waals surface area contributed by atoms with Crippen molar-refractivity contribution in [1.29, 1.82) is 0 Å². The van der Waals surface area contributed by atoms with Crippen LogP contribution in [-0.4, -0.2) is 44.7 Å². The van der Waals surface area contributed by atoms with Gasteiger partial charge in [0, 0.05) is 11.8 Å². The van der Waals surface area contributed by atoms with E-state index in [-0.39, 0.29) is 45.6 Å². The van der Waals surface area contributed by atoms with Gasteiger partial charge in [-0.05, 0) is 131 Å². The smallest absolute Gasteiger partial charge is 0.306 e. The number of carbonyl (C=O) groups is 1. The van der Waals surface area contributed by atoms with Gasteiger partial charge in [0.1, 0.15) is 6.10 Å². The van der Waals surface area contributed by atoms with Crippen LogP contribution < -0.4 is 0 Å². The molecule has 43 heavy (non-hydrogen) atoms. The highest BCUT2D eigenvalue weighted by Gasteiger charge is 2.71. The van der Waals surface area contributed by atoms with Crippen molar-refractivity contribution < 1.29 is 24.9 Å². The van der Waals surface area contributed by atoms with Crippen molar-refractivity contribution in [2.45, 2.75) is 188 Å². The van der Waals surface area contributed by atoms with Gasteiger partial charge in [-0.25, -0.2) is 0 Å². The Balaban J connectivity index is 1.49. The van der Waals surface area contributed by atoms with Crippen molar-refractivity contribution >= 4 is 5.97 Å². The Hall–Kier alpha value is -0.650. The van der Waals surface area contributed by atoms with Crippen molar-refractivity contribution in [2.24, 2.45) is 45.3 Å².